The zero-order valence-corrected chi connectivity index (χ0v) is 23.1. The zero-order valence-electron chi connectivity index (χ0n) is 22.3. The van der Waals surface area contributed by atoms with Crippen LogP contribution in [0.15, 0.2) is 115 Å². The van der Waals surface area contributed by atoms with Crippen LogP contribution in [0.4, 0.5) is 17.1 Å². The lowest BCUT2D eigenvalue weighted by atomic mass is 9.55. The highest BCUT2D eigenvalue weighted by molar-refractivity contribution is 7.26. The average molecular weight is 510 g/mol. The minimum Gasteiger partial charge on any atom is -0.310 e. The predicted molar refractivity (Wildman–Crippen MR) is 166 cm³/mol. The second-order valence-electron chi connectivity index (χ2n) is 11.4. The molecule has 1 aromatic heterocycles. The van der Waals surface area contributed by atoms with E-state index in [9.17, 15) is 0 Å². The van der Waals surface area contributed by atoms with E-state index in [4.69, 9.17) is 0 Å². The molecular weight excluding hydrogens is 478 g/mol. The van der Waals surface area contributed by atoms with E-state index >= 15 is 0 Å². The van der Waals surface area contributed by atoms with Gasteiger partial charge in [0.1, 0.15) is 0 Å². The van der Waals surface area contributed by atoms with E-state index in [1.54, 1.807) is 0 Å². The topological polar surface area (TPSA) is 3.24 Å². The summed E-state index contributed by atoms with van der Waals surface area (Å²) in [5, 5.41) is 2.68. The van der Waals surface area contributed by atoms with Crippen molar-refractivity contribution >= 4 is 48.6 Å². The van der Waals surface area contributed by atoms with Crippen LogP contribution in [0.2, 0.25) is 0 Å². The maximum Gasteiger partial charge on any atom is 0.0476 e. The molecule has 0 fully saturated rings. The first-order valence-corrected chi connectivity index (χ1v) is 14.2. The molecule has 0 unspecified atom stereocenters. The van der Waals surface area contributed by atoms with Gasteiger partial charge in [0.25, 0.3) is 0 Å². The Morgan fingerprint density at radius 1 is 0.526 bits per heavy atom. The third-order valence-electron chi connectivity index (χ3n) is 9.02. The second kappa shape index (κ2) is 8.31. The van der Waals surface area contributed by atoms with E-state index in [0.29, 0.717) is 0 Å². The SMILES string of the molecule is CC1(C)c2ccccc2-c2c(ccc3c2sc2cc(N(c4ccccc4)c4ccccc4)ccc23)C1(C)C. The number of thiophene rings is 1. The Morgan fingerprint density at radius 2 is 1.11 bits per heavy atom. The van der Waals surface area contributed by atoms with Crippen molar-refractivity contribution in [2.45, 2.75) is 38.5 Å². The monoisotopic (exact) mass is 509 g/mol. The molecule has 0 atom stereocenters. The Kier molecular flexibility index (Phi) is 5.09. The Balaban J connectivity index is 1.48. The van der Waals surface area contributed by atoms with Crippen LogP contribution in [0.5, 0.6) is 0 Å². The molecule has 1 nitrogen and oxygen atoms in total. The van der Waals surface area contributed by atoms with E-state index in [2.05, 4.69) is 148 Å². The van der Waals surface area contributed by atoms with E-state index in [1.807, 2.05) is 11.3 Å². The number of benzene rings is 5. The molecule has 0 N–H and O–H groups in total. The molecule has 5 aromatic carbocycles. The maximum atomic E-state index is 2.41. The molecule has 1 aliphatic carbocycles. The summed E-state index contributed by atoms with van der Waals surface area (Å²) in [7, 11) is 0. The molecule has 0 bridgehead atoms. The zero-order chi connectivity index (χ0) is 26.1. The third kappa shape index (κ3) is 3.23. The van der Waals surface area contributed by atoms with Crippen LogP contribution in [0.1, 0.15) is 38.8 Å². The van der Waals surface area contributed by atoms with Crippen molar-refractivity contribution in [1.82, 2.24) is 0 Å². The number of rotatable bonds is 3. The van der Waals surface area contributed by atoms with Crippen LogP contribution in [0.25, 0.3) is 31.3 Å². The Morgan fingerprint density at radius 3 is 1.79 bits per heavy atom. The number of anilines is 3. The molecule has 0 spiro atoms. The standard InChI is InChI=1S/C36H31NS/c1-35(2)30-18-12-11-17-29(30)33-31(36(35,3)4)22-21-28-27-20-19-26(23-32(27)38-34(28)33)37(24-13-7-5-8-14-24)25-15-9-6-10-16-25/h5-23H,1-4H3. The van der Waals surface area contributed by atoms with Crippen molar-refractivity contribution in [3.05, 3.63) is 126 Å². The summed E-state index contributed by atoms with van der Waals surface area (Å²) in [6.45, 7) is 9.63. The molecule has 0 saturated heterocycles. The summed E-state index contributed by atoms with van der Waals surface area (Å²) < 4.78 is 2.72. The quantitative estimate of drug-likeness (QED) is 0.229. The van der Waals surface area contributed by atoms with Gasteiger partial charge in [-0.15, -0.1) is 11.3 Å². The molecule has 38 heavy (non-hydrogen) atoms. The van der Waals surface area contributed by atoms with E-state index < -0.39 is 0 Å². The van der Waals surface area contributed by atoms with Crippen LogP contribution in [0.3, 0.4) is 0 Å². The van der Waals surface area contributed by atoms with Crippen LogP contribution in [0, 0.1) is 0 Å². The van der Waals surface area contributed by atoms with Gasteiger partial charge in [-0.2, -0.15) is 0 Å². The highest BCUT2D eigenvalue weighted by Crippen LogP contribution is 2.57. The molecule has 7 rings (SSSR count). The van der Waals surface area contributed by atoms with Crippen LogP contribution in [-0.2, 0) is 10.8 Å². The van der Waals surface area contributed by atoms with Crippen molar-refractivity contribution < 1.29 is 0 Å². The molecule has 1 aliphatic rings. The van der Waals surface area contributed by atoms with Gasteiger partial charge in [-0.25, -0.2) is 0 Å². The van der Waals surface area contributed by atoms with Gasteiger partial charge in [-0.3, -0.25) is 0 Å². The van der Waals surface area contributed by atoms with Crippen LogP contribution >= 0.6 is 11.3 Å². The lowest BCUT2D eigenvalue weighted by Crippen LogP contribution is -2.43. The molecule has 2 heteroatoms. The molecule has 6 aromatic rings. The van der Waals surface area contributed by atoms with Crippen molar-refractivity contribution in [3.8, 4) is 11.1 Å². The first-order valence-electron chi connectivity index (χ1n) is 13.4. The Bertz CT molecular complexity index is 1770. The van der Waals surface area contributed by atoms with Gasteiger partial charge in [-0.05, 0) is 63.9 Å². The average Bonchev–Trinajstić information content (AvgIpc) is 3.31. The van der Waals surface area contributed by atoms with Crippen molar-refractivity contribution in [2.75, 3.05) is 4.90 Å². The van der Waals surface area contributed by atoms with Gasteiger partial charge >= 0.3 is 0 Å². The number of hydrogen-bond donors (Lipinski definition) is 0. The lowest BCUT2D eigenvalue weighted by Gasteiger charge is -2.48. The van der Waals surface area contributed by atoms with Gasteiger partial charge in [-0.1, -0.05) is 107 Å². The molecule has 0 saturated carbocycles. The van der Waals surface area contributed by atoms with E-state index in [-0.39, 0.29) is 10.8 Å². The van der Waals surface area contributed by atoms with Crippen LogP contribution < -0.4 is 4.90 Å². The van der Waals surface area contributed by atoms with Crippen molar-refractivity contribution in [3.63, 3.8) is 0 Å². The minimum atomic E-state index is 0.0175. The van der Waals surface area contributed by atoms with E-state index in [0.717, 1.165) is 11.4 Å². The normalized spacial score (nSPS) is 15.3. The summed E-state index contributed by atoms with van der Waals surface area (Å²) in [6.07, 6.45) is 0. The molecule has 0 amide bonds. The molecule has 0 radical (unpaired) electrons. The second-order valence-corrected chi connectivity index (χ2v) is 12.5. The van der Waals surface area contributed by atoms with Gasteiger partial charge in [0.15, 0.2) is 0 Å². The number of fused-ring (bicyclic) bond motifs is 7. The van der Waals surface area contributed by atoms with Gasteiger partial charge in [0.2, 0.25) is 0 Å². The highest BCUT2D eigenvalue weighted by atomic mass is 32.1. The molecule has 186 valence electrons. The lowest BCUT2D eigenvalue weighted by molar-refractivity contribution is 0.299. The molecular formula is C36H31NS. The third-order valence-corrected chi connectivity index (χ3v) is 10.2. The number of hydrogen-bond acceptors (Lipinski definition) is 2. The minimum absolute atomic E-state index is 0.0175. The van der Waals surface area contributed by atoms with Crippen molar-refractivity contribution in [1.29, 1.82) is 0 Å². The highest BCUT2D eigenvalue weighted by Gasteiger charge is 2.46. The maximum absolute atomic E-state index is 2.41. The van der Waals surface area contributed by atoms with Gasteiger partial charge in [0, 0.05) is 42.8 Å². The fourth-order valence-corrected chi connectivity index (χ4v) is 7.57. The fourth-order valence-electron chi connectivity index (χ4n) is 6.28. The largest absolute Gasteiger partial charge is 0.310 e. The molecule has 1 heterocycles. The summed E-state index contributed by atoms with van der Waals surface area (Å²) in [5.74, 6) is 0. The Hall–Kier alpha value is -3.88. The molecule has 0 aliphatic heterocycles. The van der Waals surface area contributed by atoms with Crippen LogP contribution in [-0.4, -0.2) is 0 Å². The summed E-state index contributed by atoms with van der Waals surface area (Å²) in [4.78, 5) is 2.35. The van der Waals surface area contributed by atoms with E-state index in [1.165, 1.54) is 48.1 Å². The first-order chi connectivity index (χ1) is 18.4. The summed E-state index contributed by atoms with van der Waals surface area (Å²) in [6, 6.07) is 42.1. The Labute approximate surface area is 229 Å². The summed E-state index contributed by atoms with van der Waals surface area (Å²) >= 11 is 1.94. The predicted octanol–water partition coefficient (Wildman–Crippen LogP) is 10.8. The number of nitrogens with zero attached hydrogens (tertiary/aromatic N) is 1. The van der Waals surface area contributed by atoms with Gasteiger partial charge < -0.3 is 4.90 Å². The van der Waals surface area contributed by atoms with Crippen molar-refractivity contribution in [2.24, 2.45) is 0 Å². The number of para-hydroxylation sites is 2. The van der Waals surface area contributed by atoms with Gasteiger partial charge in [0.05, 0.1) is 0 Å². The smallest absolute Gasteiger partial charge is 0.0476 e. The fraction of sp³-hybridized carbons (Fsp3) is 0.167. The first kappa shape index (κ1) is 23.3. The summed E-state index contributed by atoms with van der Waals surface area (Å²) in [5.41, 5.74) is 9.27.